The molecule has 1 fully saturated rings. The minimum absolute atomic E-state index is 0.0810. The summed E-state index contributed by atoms with van der Waals surface area (Å²) in [5, 5.41) is 0.435. The summed E-state index contributed by atoms with van der Waals surface area (Å²) >= 11 is 6.16. The lowest BCUT2D eigenvalue weighted by Gasteiger charge is -2.34. The van der Waals surface area contributed by atoms with Crippen LogP contribution in [0.25, 0.3) is 0 Å². The molecular formula is C22H26ClFN2O2. The second-order valence-electron chi connectivity index (χ2n) is 7.32. The van der Waals surface area contributed by atoms with Crippen molar-refractivity contribution in [2.24, 2.45) is 5.92 Å². The van der Waals surface area contributed by atoms with Gasteiger partial charge in [0.15, 0.2) is 0 Å². The average Bonchev–Trinajstić information content (AvgIpc) is 2.71. The first-order valence-corrected chi connectivity index (χ1v) is 9.89. The van der Waals surface area contributed by atoms with Crippen LogP contribution in [-0.2, 0) is 17.9 Å². The summed E-state index contributed by atoms with van der Waals surface area (Å²) in [5.41, 5.74) is 1.56. The summed E-state index contributed by atoms with van der Waals surface area (Å²) in [6.45, 7) is 2.45. The van der Waals surface area contributed by atoms with Gasteiger partial charge in [-0.3, -0.25) is 9.69 Å². The number of rotatable bonds is 6. The molecule has 28 heavy (non-hydrogen) atoms. The van der Waals surface area contributed by atoms with Crippen LogP contribution in [0.5, 0.6) is 5.75 Å². The van der Waals surface area contributed by atoms with Crippen LogP contribution in [0.2, 0.25) is 5.02 Å². The van der Waals surface area contributed by atoms with Gasteiger partial charge in [0.25, 0.3) is 0 Å². The molecule has 3 rings (SSSR count). The van der Waals surface area contributed by atoms with E-state index in [1.54, 1.807) is 24.1 Å². The average molecular weight is 405 g/mol. The molecule has 0 aliphatic carbocycles. The molecule has 2 aromatic rings. The molecule has 0 aromatic heterocycles. The summed E-state index contributed by atoms with van der Waals surface area (Å²) in [5.74, 6) is 0.549. The molecule has 0 spiro atoms. The van der Waals surface area contributed by atoms with E-state index in [0.717, 1.165) is 30.7 Å². The predicted octanol–water partition coefficient (Wildman–Crippen LogP) is 4.36. The van der Waals surface area contributed by atoms with Gasteiger partial charge in [0.1, 0.15) is 11.6 Å². The van der Waals surface area contributed by atoms with E-state index in [1.165, 1.54) is 6.07 Å². The van der Waals surface area contributed by atoms with Gasteiger partial charge in [-0.05, 0) is 49.2 Å². The first-order valence-electron chi connectivity index (χ1n) is 9.51. The number of carbonyl (C=O) groups excluding carboxylic acids is 1. The fourth-order valence-corrected chi connectivity index (χ4v) is 3.92. The van der Waals surface area contributed by atoms with E-state index in [-0.39, 0.29) is 17.6 Å². The number of methoxy groups -OCH3 is 1. The highest BCUT2D eigenvalue weighted by Crippen LogP contribution is 2.25. The molecule has 0 bridgehead atoms. The van der Waals surface area contributed by atoms with Crippen molar-refractivity contribution in [3.05, 3.63) is 64.4 Å². The van der Waals surface area contributed by atoms with Crippen molar-refractivity contribution in [2.75, 3.05) is 27.2 Å². The molecule has 1 aliphatic heterocycles. The zero-order valence-corrected chi connectivity index (χ0v) is 17.1. The lowest BCUT2D eigenvalue weighted by atomic mass is 9.96. The number of carbonyl (C=O) groups is 1. The van der Waals surface area contributed by atoms with Crippen LogP contribution >= 0.6 is 11.6 Å². The van der Waals surface area contributed by atoms with Gasteiger partial charge in [0.05, 0.1) is 13.0 Å². The quantitative estimate of drug-likeness (QED) is 0.717. The van der Waals surface area contributed by atoms with Crippen LogP contribution in [0, 0.1) is 11.7 Å². The maximum atomic E-state index is 14.1. The summed E-state index contributed by atoms with van der Waals surface area (Å²) in [7, 11) is 3.47. The predicted molar refractivity (Wildman–Crippen MR) is 109 cm³/mol. The smallest absolute Gasteiger partial charge is 0.227 e. The third kappa shape index (κ3) is 5.03. The van der Waals surface area contributed by atoms with Crippen LogP contribution in [0.4, 0.5) is 4.39 Å². The van der Waals surface area contributed by atoms with Crippen molar-refractivity contribution in [2.45, 2.75) is 25.9 Å². The normalized spacial score (nSPS) is 17.4. The second-order valence-corrected chi connectivity index (χ2v) is 7.72. The third-order valence-corrected chi connectivity index (χ3v) is 5.61. The number of amides is 1. The molecule has 1 amide bonds. The lowest BCUT2D eigenvalue weighted by Crippen LogP contribution is -2.43. The van der Waals surface area contributed by atoms with Crippen molar-refractivity contribution in [1.29, 1.82) is 0 Å². The first kappa shape index (κ1) is 20.6. The molecule has 1 unspecified atom stereocenters. The number of hydrogen-bond donors (Lipinski definition) is 0. The van der Waals surface area contributed by atoms with Crippen LogP contribution in [0.15, 0.2) is 42.5 Å². The van der Waals surface area contributed by atoms with Crippen molar-refractivity contribution in [3.8, 4) is 5.75 Å². The minimum atomic E-state index is -0.294. The number of piperidine rings is 1. The number of likely N-dealkylation sites (tertiary alicyclic amines) is 1. The Balaban J connectivity index is 1.60. The standard InChI is InChI=1S/C22H26ClFN2O2/c1-25(13-16-8-10-18(28-2)11-9-16)22(27)17-5-4-12-26(14-17)15-19-20(23)6-3-7-21(19)24/h3,6-11,17H,4-5,12-15H2,1-2H3. The van der Waals surface area contributed by atoms with Crippen LogP contribution < -0.4 is 4.74 Å². The molecule has 1 saturated heterocycles. The Kier molecular flexibility index (Phi) is 6.92. The van der Waals surface area contributed by atoms with E-state index in [9.17, 15) is 9.18 Å². The van der Waals surface area contributed by atoms with E-state index >= 15 is 0 Å². The number of benzene rings is 2. The van der Waals surface area contributed by atoms with Gasteiger partial charge in [0.2, 0.25) is 5.91 Å². The summed E-state index contributed by atoms with van der Waals surface area (Å²) in [6.07, 6.45) is 1.77. The molecular weight excluding hydrogens is 379 g/mol. The van der Waals surface area contributed by atoms with Crippen molar-refractivity contribution < 1.29 is 13.9 Å². The van der Waals surface area contributed by atoms with Gasteiger partial charge in [0, 0.05) is 37.3 Å². The number of halogens is 2. The van der Waals surface area contributed by atoms with E-state index < -0.39 is 0 Å². The Labute approximate surface area is 170 Å². The monoisotopic (exact) mass is 404 g/mol. The first-order chi connectivity index (χ1) is 13.5. The van der Waals surface area contributed by atoms with Crippen molar-refractivity contribution >= 4 is 17.5 Å². The minimum Gasteiger partial charge on any atom is -0.497 e. The van der Waals surface area contributed by atoms with Gasteiger partial charge in [-0.25, -0.2) is 4.39 Å². The molecule has 1 heterocycles. The molecule has 1 aliphatic rings. The Morgan fingerprint density at radius 3 is 2.71 bits per heavy atom. The van der Waals surface area contributed by atoms with E-state index in [1.807, 2.05) is 31.3 Å². The number of hydrogen-bond acceptors (Lipinski definition) is 3. The molecule has 150 valence electrons. The third-order valence-electron chi connectivity index (χ3n) is 5.25. The Bertz CT molecular complexity index is 792. The maximum absolute atomic E-state index is 14.1. The van der Waals surface area contributed by atoms with Gasteiger partial charge in [-0.2, -0.15) is 0 Å². The van der Waals surface area contributed by atoms with E-state index in [4.69, 9.17) is 16.3 Å². The Morgan fingerprint density at radius 2 is 2.04 bits per heavy atom. The molecule has 0 saturated carbocycles. The van der Waals surface area contributed by atoms with E-state index in [0.29, 0.717) is 30.2 Å². The van der Waals surface area contributed by atoms with E-state index in [2.05, 4.69) is 4.90 Å². The van der Waals surface area contributed by atoms with Crippen LogP contribution in [0.3, 0.4) is 0 Å². The maximum Gasteiger partial charge on any atom is 0.227 e. The Morgan fingerprint density at radius 1 is 1.29 bits per heavy atom. The van der Waals surface area contributed by atoms with Crippen molar-refractivity contribution in [1.82, 2.24) is 9.80 Å². The highest BCUT2D eigenvalue weighted by molar-refractivity contribution is 6.31. The zero-order valence-electron chi connectivity index (χ0n) is 16.3. The van der Waals surface area contributed by atoms with Gasteiger partial charge < -0.3 is 9.64 Å². The largest absolute Gasteiger partial charge is 0.497 e. The molecule has 0 radical (unpaired) electrons. The summed E-state index contributed by atoms with van der Waals surface area (Å²) < 4.78 is 19.3. The molecule has 2 aromatic carbocycles. The van der Waals surface area contributed by atoms with Gasteiger partial charge in [-0.1, -0.05) is 29.8 Å². The van der Waals surface area contributed by atoms with Gasteiger partial charge >= 0.3 is 0 Å². The summed E-state index contributed by atoms with van der Waals surface area (Å²) in [6, 6.07) is 12.5. The number of nitrogens with zero attached hydrogens (tertiary/aromatic N) is 2. The second kappa shape index (κ2) is 9.39. The summed E-state index contributed by atoms with van der Waals surface area (Å²) in [4.78, 5) is 16.8. The highest BCUT2D eigenvalue weighted by Gasteiger charge is 2.28. The zero-order chi connectivity index (χ0) is 20.1. The Hall–Kier alpha value is -2.11. The molecule has 1 atom stereocenters. The highest BCUT2D eigenvalue weighted by atomic mass is 35.5. The van der Waals surface area contributed by atoms with Crippen molar-refractivity contribution in [3.63, 3.8) is 0 Å². The molecule has 0 N–H and O–H groups in total. The topological polar surface area (TPSA) is 32.8 Å². The van der Waals surface area contributed by atoms with Gasteiger partial charge in [-0.15, -0.1) is 0 Å². The number of ether oxygens (including phenoxy) is 1. The molecule has 4 nitrogen and oxygen atoms in total. The fourth-order valence-electron chi connectivity index (χ4n) is 3.70. The SMILES string of the molecule is COc1ccc(CN(C)C(=O)C2CCCN(Cc3c(F)cccc3Cl)C2)cc1. The molecule has 6 heteroatoms. The van der Waals surface area contributed by atoms with Crippen LogP contribution in [0.1, 0.15) is 24.0 Å². The lowest BCUT2D eigenvalue weighted by molar-refractivity contribution is -0.136. The fraction of sp³-hybridized carbons (Fsp3) is 0.409. The van der Waals surface area contributed by atoms with Crippen LogP contribution in [-0.4, -0.2) is 43.0 Å².